The summed E-state index contributed by atoms with van der Waals surface area (Å²) in [6.45, 7) is 0.565. The summed E-state index contributed by atoms with van der Waals surface area (Å²) >= 11 is 4.44. The molecule has 0 radical (unpaired) electrons. The molecule has 190 valence electrons. The molecule has 1 fully saturated rings. The third-order valence-corrected chi connectivity index (χ3v) is 8.60. The van der Waals surface area contributed by atoms with Gasteiger partial charge >= 0.3 is 5.97 Å². The fourth-order valence-corrected chi connectivity index (χ4v) is 6.47. The molecule has 2 N–H and O–H groups in total. The largest absolute Gasteiger partial charge is 0.494 e. The number of aliphatic hydroxyl groups excluding tert-OH is 1. The number of aromatic nitrogens is 2. The maximum atomic E-state index is 12.3. The predicted octanol–water partition coefficient (Wildman–Crippen LogP) is 4.60. The molecule has 2 aromatic heterocycles. The van der Waals surface area contributed by atoms with Crippen LogP contribution in [-0.2, 0) is 4.79 Å². The minimum Gasteiger partial charge on any atom is -0.494 e. The Kier molecular flexibility index (Phi) is 11.4. The highest BCUT2D eigenvalue weighted by Gasteiger charge is 2.28. The topological polar surface area (TPSA) is 113 Å². The zero-order valence-corrected chi connectivity index (χ0v) is 22.1. The molecule has 0 aliphatic carbocycles. The summed E-state index contributed by atoms with van der Waals surface area (Å²) in [4.78, 5) is 33.5. The average Bonchev–Trinajstić information content (AvgIpc) is 3.47. The first kappa shape index (κ1) is 27.5. The lowest BCUT2D eigenvalue weighted by Gasteiger charge is -2.22. The van der Waals surface area contributed by atoms with Crippen LogP contribution in [0.4, 0.5) is 0 Å². The van der Waals surface area contributed by atoms with Crippen molar-refractivity contribution in [3.63, 3.8) is 0 Å². The van der Waals surface area contributed by atoms with Crippen molar-refractivity contribution in [3.8, 4) is 5.75 Å². The molecule has 8 nitrogen and oxygen atoms in total. The number of ether oxygens (including phenoxy) is 1. The molecule has 3 heterocycles. The van der Waals surface area contributed by atoms with Crippen LogP contribution in [0.5, 0.6) is 5.75 Å². The highest BCUT2D eigenvalue weighted by molar-refractivity contribution is 8.01. The van der Waals surface area contributed by atoms with Crippen LogP contribution in [-0.4, -0.2) is 74.3 Å². The number of carbonyl (C=O) groups is 2. The monoisotopic (exact) mass is 537 g/mol. The maximum Gasteiger partial charge on any atom is 0.355 e. The van der Waals surface area contributed by atoms with E-state index in [1.165, 1.54) is 28.5 Å². The minimum absolute atomic E-state index is 0.00613. The van der Waals surface area contributed by atoms with E-state index in [1.54, 1.807) is 25.1 Å². The van der Waals surface area contributed by atoms with Gasteiger partial charge in [0.2, 0.25) is 5.91 Å². The van der Waals surface area contributed by atoms with Gasteiger partial charge in [-0.25, -0.2) is 14.8 Å². The van der Waals surface area contributed by atoms with E-state index in [-0.39, 0.29) is 17.6 Å². The zero-order chi connectivity index (χ0) is 25.0. The summed E-state index contributed by atoms with van der Waals surface area (Å²) in [5.41, 5.74) is 0.0525. The average molecular weight is 538 g/mol. The van der Waals surface area contributed by atoms with Gasteiger partial charge in [-0.2, -0.15) is 0 Å². The maximum absolute atomic E-state index is 12.3. The van der Waals surface area contributed by atoms with Crippen LogP contribution in [0.1, 0.15) is 49.0 Å². The molecule has 0 aromatic carbocycles. The molecule has 1 amide bonds. The molecule has 0 unspecified atom stereocenters. The first-order valence-corrected chi connectivity index (χ1v) is 14.4. The van der Waals surface area contributed by atoms with Gasteiger partial charge in [0, 0.05) is 30.3 Å². The van der Waals surface area contributed by atoms with E-state index in [0.29, 0.717) is 29.5 Å². The minimum atomic E-state index is -1.03. The molecule has 1 aliphatic rings. The Morgan fingerprint density at radius 1 is 1.34 bits per heavy atom. The zero-order valence-electron chi connectivity index (χ0n) is 19.7. The van der Waals surface area contributed by atoms with E-state index in [9.17, 15) is 14.7 Å². The highest BCUT2D eigenvalue weighted by Crippen LogP contribution is 2.28. The number of thioether (sulfide) groups is 2. The van der Waals surface area contributed by atoms with Crippen molar-refractivity contribution in [3.05, 3.63) is 41.6 Å². The second-order valence-corrected chi connectivity index (χ2v) is 11.3. The van der Waals surface area contributed by atoms with Crippen LogP contribution in [0.15, 0.2) is 45.2 Å². The van der Waals surface area contributed by atoms with Gasteiger partial charge in [0.05, 0.1) is 19.3 Å². The summed E-state index contributed by atoms with van der Waals surface area (Å²) in [7, 11) is 1.65. The molecule has 2 atom stereocenters. The standard InChI is InChI=1S/C24H31N3O5S3/c1-32-20-7-5-12-25-22(20)33-14-4-2-3-6-18(28)10-8-17-9-11-21(29)27(17)13-15-34-24-26-19(16-35-24)23(30)31/h5,7-8,10,12,16-18,28H,2-4,6,9,11,13-15H2,1H3,(H,30,31)/b10-8+/t17-,18-/m0/s1. The molecule has 0 saturated carbocycles. The number of rotatable bonds is 15. The summed E-state index contributed by atoms with van der Waals surface area (Å²) in [5, 5.41) is 21.8. The number of aliphatic hydroxyl groups is 1. The summed E-state index contributed by atoms with van der Waals surface area (Å²) < 4.78 is 6.01. The Balaban J connectivity index is 1.33. The normalized spacial score (nSPS) is 16.8. The molecule has 2 aromatic rings. The predicted molar refractivity (Wildman–Crippen MR) is 140 cm³/mol. The van der Waals surface area contributed by atoms with E-state index >= 15 is 0 Å². The quantitative estimate of drug-likeness (QED) is 0.191. The number of carboxylic acid groups (broad SMARTS) is 1. The van der Waals surface area contributed by atoms with Crippen LogP contribution in [0.3, 0.4) is 0 Å². The number of likely N-dealkylation sites (tertiary alicyclic amines) is 1. The van der Waals surface area contributed by atoms with Crippen LogP contribution >= 0.6 is 34.9 Å². The molecule has 35 heavy (non-hydrogen) atoms. The number of methoxy groups -OCH3 is 1. The number of thiazole rings is 1. The second kappa shape index (κ2) is 14.5. The molecular formula is C24H31N3O5S3. The highest BCUT2D eigenvalue weighted by atomic mass is 32.2. The molecular weight excluding hydrogens is 506 g/mol. The van der Waals surface area contributed by atoms with Crippen LogP contribution < -0.4 is 4.74 Å². The Bertz CT molecular complexity index is 1000. The van der Waals surface area contributed by atoms with Gasteiger partial charge in [-0.1, -0.05) is 36.8 Å². The van der Waals surface area contributed by atoms with Crippen LogP contribution in [0.25, 0.3) is 0 Å². The number of amides is 1. The Morgan fingerprint density at radius 3 is 2.97 bits per heavy atom. The lowest BCUT2D eigenvalue weighted by molar-refractivity contribution is -0.128. The van der Waals surface area contributed by atoms with E-state index in [2.05, 4.69) is 9.97 Å². The smallest absolute Gasteiger partial charge is 0.355 e. The lowest BCUT2D eigenvalue weighted by Crippen LogP contribution is -2.33. The number of nitrogens with zero attached hydrogens (tertiary/aromatic N) is 3. The van der Waals surface area contributed by atoms with Gasteiger partial charge in [-0.05, 0) is 37.1 Å². The lowest BCUT2D eigenvalue weighted by atomic mass is 10.1. The van der Waals surface area contributed by atoms with E-state index in [1.807, 2.05) is 29.2 Å². The van der Waals surface area contributed by atoms with Crippen molar-refractivity contribution < 1.29 is 24.5 Å². The van der Waals surface area contributed by atoms with E-state index in [0.717, 1.165) is 42.2 Å². The number of pyridine rings is 1. The number of hydrogen-bond donors (Lipinski definition) is 2. The van der Waals surface area contributed by atoms with E-state index in [4.69, 9.17) is 9.84 Å². The summed E-state index contributed by atoms with van der Waals surface area (Å²) in [5.74, 6) is 1.48. The summed E-state index contributed by atoms with van der Waals surface area (Å²) in [6.07, 6.45) is 9.97. The fraction of sp³-hybridized carbons (Fsp3) is 0.500. The van der Waals surface area contributed by atoms with Gasteiger partial charge in [0.25, 0.3) is 0 Å². The van der Waals surface area contributed by atoms with Crippen molar-refractivity contribution in [1.82, 2.24) is 14.9 Å². The first-order chi connectivity index (χ1) is 17.0. The van der Waals surface area contributed by atoms with Crippen molar-refractivity contribution in [2.45, 2.75) is 60.0 Å². The SMILES string of the molecule is COc1cccnc1SCCCCC[C@H](O)/C=C/[C@H]1CCC(=O)N1CCSc1nc(C(=O)O)cs1. The third kappa shape index (κ3) is 8.82. The molecule has 11 heteroatoms. The number of aromatic carboxylic acids is 1. The fourth-order valence-electron chi connectivity index (χ4n) is 3.69. The molecule has 0 spiro atoms. The molecule has 0 bridgehead atoms. The van der Waals surface area contributed by atoms with Crippen molar-refractivity contribution >= 4 is 46.7 Å². The van der Waals surface area contributed by atoms with Gasteiger partial charge in [0.15, 0.2) is 15.8 Å². The van der Waals surface area contributed by atoms with Crippen molar-refractivity contribution in [1.29, 1.82) is 0 Å². The Morgan fingerprint density at radius 2 is 2.20 bits per heavy atom. The number of carboxylic acids is 1. The molecule has 1 saturated heterocycles. The Hall–Kier alpha value is -2.08. The van der Waals surface area contributed by atoms with Crippen molar-refractivity contribution in [2.24, 2.45) is 0 Å². The number of carbonyl (C=O) groups excluding carboxylic acids is 1. The van der Waals surface area contributed by atoms with Crippen molar-refractivity contribution in [2.75, 3.05) is 25.2 Å². The van der Waals surface area contributed by atoms with Crippen LogP contribution in [0, 0.1) is 0 Å². The van der Waals surface area contributed by atoms with Gasteiger partial charge < -0.3 is 19.8 Å². The number of hydrogen-bond acceptors (Lipinski definition) is 9. The van der Waals surface area contributed by atoms with Gasteiger partial charge in [0.1, 0.15) is 5.03 Å². The van der Waals surface area contributed by atoms with E-state index < -0.39 is 12.1 Å². The van der Waals surface area contributed by atoms with Crippen LogP contribution in [0.2, 0.25) is 0 Å². The Labute approximate surface area is 218 Å². The number of unbranched alkanes of at least 4 members (excludes halogenated alkanes) is 2. The summed E-state index contributed by atoms with van der Waals surface area (Å²) in [6, 6.07) is 3.76. The third-order valence-electron chi connectivity index (χ3n) is 5.53. The first-order valence-electron chi connectivity index (χ1n) is 11.6. The molecule has 3 rings (SSSR count). The van der Waals surface area contributed by atoms with Gasteiger partial charge in [-0.3, -0.25) is 4.79 Å². The molecule has 1 aliphatic heterocycles. The van der Waals surface area contributed by atoms with Gasteiger partial charge in [-0.15, -0.1) is 23.1 Å². The second-order valence-electron chi connectivity index (χ2n) is 8.01.